The van der Waals surface area contributed by atoms with Crippen LogP contribution in [0.3, 0.4) is 0 Å². The van der Waals surface area contributed by atoms with E-state index in [-0.39, 0.29) is 70.6 Å². The summed E-state index contributed by atoms with van der Waals surface area (Å²) in [4.78, 5) is -0.923. The maximum atomic E-state index is 11.1. The Labute approximate surface area is 190 Å². The van der Waals surface area contributed by atoms with Gasteiger partial charge in [-0.05, 0) is 61.4 Å². The molecule has 0 atom stereocenters. The molecule has 0 aliphatic carbocycles. The Balaban J connectivity index is 0.00000288. The molecule has 25 heavy (non-hydrogen) atoms. The van der Waals surface area contributed by atoms with Gasteiger partial charge in [0.1, 0.15) is 31.7 Å². The van der Waals surface area contributed by atoms with Crippen molar-refractivity contribution in [1.29, 1.82) is 0 Å². The largest absolute Gasteiger partial charge is 1.00 e. The maximum Gasteiger partial charge on any atom is 1.00 e. The summed E-state index contributed by atoms with van der Waals surface area (Å²) in [7, 11) is -9.31. The molecule has 0 heterocycles. The molecule has 2 rings (SSSR count). The Bertz CT molecular complexity index is 891. The van der Waals surface area contributed by atoms with Gasteiger partial charge in [-0.15, -0.1) is 0 Å². The van der Waals surface area contributed by atoms with E-state index in [9.17, 15) is 25.9 Å². The fourth-order valence-corrected chi connectivity index (χ4v) is 3.15. The average molecular weight is 402 g/mol. The second kappa shape index (κ2) is 9.32. The van der Waals surface area contributed by atoms with Crippen LogP contribution in [-0.4, -0.2) is 25.9 Å². The summed E-state index contributed by atoms with van der Waals surface area (Å²) in [6.45, 7) is 3.15. The van der Waals surface area contributed by atoms with E-state index in [0.717, 1.165) is 12.1 Å². The van der Waals surface area contributed by atoms with Crippen LogP contribution in [0.2, 0.25) is 0 Å². The number of aryl methyl sites for hydroxylation is 2. The van der Waals surface area contributed by atoms with Crippen molar-refractivity contribution in [1.82, 2.24) is 0 Å². The Morgan fingerprint density at radius 2 is 1.00 bits per heavy atom. The molecule has 0 amide bonds. The Morgan fingerprint density at radius 1 is 0.680 bits per heavy atom. The van der Waals surface area contributed by atoms with Crippen LogP contribution in [-0.2, 0) is 20.2 Å². The maximum absolute atomic E-state index is 11.1. The van der Waals surface area contributed by atoms with E-state index in [1.807, 2.05) is 0 Å². The van der Waals surface area contributed by atoms with Gasteiger partial charge in [0.2, 0.25) is 0 Å². The summed E-state index contributed by atoms with van der Waals surface area (Å²) in [5, 5.41) is 0. The number of benzene rings is 2. The predicted molar refractivity (Wildman–Crippen MR) is 78.4 cm³/mol. The molecule has 0 aliphatic heterocycles. The first-order chi connectivity index (χ1) is 10.4. The van der Waals surface area contributed by atoms with E-state index in [1.165, 1.54) is 24.3 Å². The molecule has 0 aromatic heterocycles. The topological polar surface area (TPSA) is 124 Å². The van der Waals surface area contributed by atoms with Crippen molar-refractivity contribution >= 4 is 20.2 Å². The van der Waals surface area contributed by atoms with Crippen LogP contribution >= 0.6 is 0 Å². The smallest absolute Gasteiger partial charge is 0.744 e. The van der Waals surface area contributed by atoms with Crippen LogP contribution < -0.4 is 63.9 Å². The SMILES string of the molecule is Cc1cc(Oc2cc(C)cc(S(=O)(=O)[O-])c2)cc(S(=O)(=O)[O-])c1.[Na+].[Na+]. The van der Waals surface area contributed by atoms with Crippen LogP contribution in [0.15, 0.2) is 46.2 Å². The van der Waals surface area contributed by atoms with Gasteiger partial charge in [0.25, 0.3) is 0 Å². The van der Waals surface area contributed by atoms with Crippen molar-refractivity contribution in [3.05, 3.63) is 47.5 Å². The summed E-state index contributed by atoms with van der Waals surface area (Å²) in [6, 6.07) is 7.40. The standard InChI is InChI=1S/C14H14O7S2.2Na/c1-9-3-11(7-13(5-9)22(15,16)17)21-12-4-10(2)6-14(8-12)23(18,19)20;;/h3-8H,1-2H3,(H,15,16,17)(H,18,19,20);;/q;2*+1/p-2. The fraction of sp³-hybridized carbons (Fsp3) is 0.143. The molecule has 124 valence electrons. The molecule has 2 aromatic rings. The molecule has 0 radical (unpaired) electrons. The van der Waals surface area contributed by atoms with E-state index < -0.39 is 30.0 Å². The van der Waals surface area contributed by atoms with Gasteiger partial charge in [0.15, 0.2) is 0 Å². The molecule has 2 aromatic carbocycles. The Kier molecular flexibility index (Phi) is 9.34. The number of ether oxygens (including phenoxy) is 1. The predicted octanol–water partition coefficient (Wildman–Crippen LogP) is -4.09. The van der Waals surface area contributed by atoms with Crippen LogP contribution in [0.25, 0.3) is 0 Å². The number of rotatable bonds is 4. The van der Waals surface area contributed by atoms with Gasteiger partial charge in [-0.25, -0.2) is 16.8 Å². The van der Waals surface area contributed by atoms with E-state index in [4.69, 9.17) is 4.74 Å². The van der Waals surface area contributed by atoms with Crippen molar-refractivity contribution < 1.29 is 89.8 Å². The molecule has 0 spiro atoms. The minimum absolute atomic E-state index is 0. The molecule has 0 fully saturated rings. The van der Waals surface area contributed by atoms with Crippen molar-refractivity contribution in [3.63, 3.8) is 0 Å². The zero-order valence-corrected chi connectivity index (χ0v) is 19.8. The summed E-state index contributed by atoms with van der Waals surface area (Å²) in [5.74, 6) is 0.0820. The fourth-order valence-electron chi connectivity index (χ4n) is 1.97. The zero-order valence-electron chi connectivity index (χ0n) is 14.1. The second-order valence-corrected chi connectivity index (χ2v) is 7.73. The monoisotopic (exact) mass is 402 g/mol. The third-order valence-corrected chi connectivity index (χ3v) is 4.49. The second-order valence-electron chi connectivity index (χ2n) is 4.97. The quantitative estimate of drug-likeness (QED) is 0.376. The number of hydrogen-bond acceptors (Lipinski definition) is 7. The Morgan fingerprint density at radius 3 is 1.28 bits per heavy atom. The van der Waals surface area contributed by atoms with Gasteiger partial charge in [0, 0.05) is 0 Å². The minimum atomic E-state index is -4.66. The van der Waals surface area contributed by atoms with Crippen LogP contribution in [0, 0.1) is 13.8 Å². The van der Waals surface area contributed by atoms with Crippen molar-refractivity contribution in [2.24, 2.45) is 0 Å². The van der Waals surface area contributed by atoms with E-state index in [0.29, 0.717) is 11.1 Å². The van der Waals surface area contributed by atoms with Gasteiger partial charge in [0.05, 0.1) is 9.79 Å². The molecular formula is C14H12Na2O7S2. The molecule has 0 bridgehead atoms. The normalized spacial score (nSPS) is 11.2. The van der Waals surface area contributed by atoms with Gasteiger partial charge in [-0.1, -0.05) is 0 Å². The van der Waals surface area contributed by atoms with Gasteiger partial charge >= 0.3 is 59.1 Å². The van der Waals surface area contributed by atoms with Crippen LogP contribution in [0.4, 0.5) is 0 Å². The summed E-state index contributed by atoms with van der Waals surface area (Å²) >= 11 is 0. The molecule has 0 saturated heterocycles. The summed E-state index contributed by atoms with van der Waals surface area (Å²) in [6.07, 6.45) is 0. The molecule has 11 heteroatoms. The molecule has 0 unspecified atom stereocenters. The molecule has 0 N–H and O–H groups in total. The molecule has 0 saturated carbocycles. The third-order valence-electron chi connectivity index (χ3n) is 2.86. The summed E-state index contributed by atoms with van der Waals surface area (Å²) < 4.78 is 72.0. The zero-order chi connectivity index (χ0) is 17.4. The average Bonchev–Trinajstić information content (AvgIpc) is 2.35. The van der Waals surface area contributed by atoms with Crippen LogP contribution in [0.5, 0.6) is 11.5 Å². The Hall–Kier alpha value is 0.0600. The first-order valence-corrected chi connectivity index (χ1v) is 9.10. The molecular weight excluding hydrogens is 390 g/mol. The van der Waals surface area contributed by atoms with E-state index in [2.05, 4.69) is 0 Å². The van der Waals surface area contributed by atoms with Crippen molar-refractivity contribution in [2.75, 3.05) is 0 Å². The van der Waals surface area contributed by atoms with Crippen molar-refractivity contribution in [3.8, 4) is 11.5 Å². The number of hydrogen-bond donors (Lipinski definition) is 0. The first-order valence-electron chi connectivity index (χ1n) is 6.28. The van der Waals surface area contributed by atoms with Gasteiger partial charge in [-0.2, -0.15) is 0 Å². The van der Waals surface area contributed by atoms with Gasteiger partial charge in [-0.3, -0.25) is 0 Å². The first kappa shape index (κ1) is 25.1. The molecule has 7 nitrogen and oxygen atoms in total. The van der Waals surface area contributed by atoms with Crippen molar-refractivity contribution in [2.45, 2.75) is 23.6 Å². The molecule has 0 aliphatic rings. The third kappa shape index (κ3) is 7.30. The van der Waals surface area contributed by atoms with Gasteiger partial charge < -0.3 is 13.8 Å². The minimum Gasteiger partial charge on any atom is -0.744 e. The van der Waals surface area contributed by atoms with E-state index >= 15 is 0 Å². The van der Waals surface area contributed by atoms with E-state index in [1.54, 1.807) is 13.8 Å². The summed E-state index contributed by atoms with van der Waals surface area (Å²) in [5.41, 5.74) is 0.947. The van der Waals surface area contributed by atoms with Crippen LogP contribution in [0.1, 0.15) is 11.1 Å².